The van der Waals surface area contributed by atoms with Gasteiger partial charge in [-0.05, 0) is 37.2 Å². The number of ether oxygens (including phenoxy) is 1. The first-order valence-electron chi connectivity index (χ1n) is 6.60. The molecule has 1 aliphatic rings. The fraction of sp³-hybridized carbons (Fsp3) is 0.500. The summed E-state index contributed by atoms with van der Waals surface area (Å²) in [5, 5.41) is 6.95. The fourth-order valence-corrected chi connectivity index (χ4v) is 2.62. The Bertz CT molecular complexity index is 447. The van der Waals surface area contributed by atoms with Gasteiger partial charge in [0.1, 0.15) is 0 Å². The lowest BCUT2D eigenvalue weighted by Crippen LogP contribution is -2.38. The molecule has 1 aliphatic carbocycles. The third-order valence-electron chi connectivity index (χ3n) is 3.35. The van der Waals surface area contributed by atoms with Crippen molar-refractivity contribution in [1.29, 1.82) is 0 Å². The number of methoxy groups -OCH3 is 1. The van der Waals surface area contributed by atoms with E-state index in [1.807, 2.05) is 0 Å². The van der Waals surface area contributed by atoms with Gasteiger partial charge in [0, 0.05) is 17.8 Å². The molecule has 0 saturated heterocycles. The number of anilines is 1. The molecule has 0 amide bonds. The fourth-order valence-electron chi connectivity index (χ4n) is 2.34. The molecule has 0 aliphatic heterocycles. The van der Waals surface area contributed by atoms with Gasteiger partial charge in [0.05, 0.1) is 7.11 Å². The quantitative estimate of drug-likeness (QED) is 0.832. The molecule has 19 heavy (non-hydrogen) atoms. The minimum absolute atomic E-state index is 0.213. The molecule has 1 fully saturated rings. The Balaban J connectivity index is 1.90. The molecule has 0 heterocycles. The highest BCUT2D eigenvalue weighted by atomic mass is 32.1. The molecule has 0 unspecified atom stereocenters. The van der Waals surface area contributed by atoms with Crippen LogP contribution in [-0.2, 0) is 0 Å². The van der Waals surface area contributed by atoms with E-state index in [0.717, 1.165) is 18.5 Å². The molecule has 1 saturated carbocycles. The summed E-state index contributed by atoms with van der Waals surface area (Å²) in [6.45, 7) is 0. The summed E-state index contributed by atoms with van der Waals surface area (Å²) < 4.78 is 18.2. The summed E-state index contributed by atoms with van der Waals surface area (Å²) in [7, 11) is 1.45. The minimum atomic E-state index is -0.376. The second kappa shape index (κ2) is 6.70. The van der Waals surface area contributed by atoms with Gasteiger partial charge in [0.25, 0.3) is 0 Å². The maximum Gasteiger partial charge on any atom is 0.170 e. The maximum absolute atomic E-state index is 13.3. The van der Waals surface area contributed by atoms with Crippen LogP contribution in [0.3, 0.4) is 0 Å². The highest BCUT2D eigenvalue weighted by molar-refractivity contribution is 7.80. The van der Waals surface area contributed by atoms with Gasteiger partial charge < -0.3 is 15.4 Å². The van der Waals surface area contributed by atoms with Gasteiger partial charge >= 0.3 is 0 Å². The Kier molecular flexibility index (Phi) is 4.96. The second-order valence-corrected chi connectivity index (χ2v) is 5.19. The van der Waals surface area contributed by atoms with E-state index in [4.69, 9.17) is 17.0 Å². The predicted octanol–water partition coefficient (Wildman–Crippen LogP) is 3.45. The van der Waals surface area contributed by atoms with Crippen LogP contribution in [0.1, 0.15) is 32.1 Å². The van der Waals surface area contributed by atoms with Gasteiger partial charge in [-0.3, -0.25) is 0 Å². The van der Waals surface area contributed by atoms with Crippen molar-refractivity contribution in [2.75, 3.05) is 12.4 Å². The lowest BCUT2D eigenvalue weighted by atomic mass is 9.96. The van der Waals surface area contributed by atoms with Crippen LogP contribution in [-0.4, -0.2) is 18.3 Å². The highest BCUT2D eigenvalue weighted by Gasteiger charge is 2.14. The summed E-state index contributed by atoms with van der Waals surface area (Å²) in [5.74, 6) is -0.162. The third-order valence-corrected chi connectivity index (χ3v) is 3.57. The summed E-state index contributed by atoms with van der Waals surface area (Å²) in [4.78, 5) is 0. The molecule has 1 aromatic carbocycles. The van der Waals surface area contributed by atoms with Gasteiger partial charge in [0.15, 0.2) is 16.7 Å². The zero-order chi connectivity index (χ0) is 13.7. The normalized spacial score (nSPS) is 15.9. The van der Waals surface area contributed by atoms with Crippen LogP contribution in [0, 0.1) is 5.82 Å². The maximum atomic E-state index is 13.3. The van der Waals surface area contributed by atoms with E-state index in [1.165, 1.54) is 32.4 Å². The van der Waals surface area contributed by atoms with Crippen LogP contribution in [0.2, 0.25) is 0 Å². The van der Waals surface area contributed by atoms with E-state index in [1.54, 1.807) is 12.1 Å². The molecular weight excluding hydrogens is 263 g/mol. The standard InChI is InChI=1S/C14H19FN2OS/c1-18-13-9-11(7-8-12(13)15)17-14(19)16-10-5-3-2-4-6-10/h7-10H,2-6H2,1H3,(H2,16,17,19). The highest BCUT2D eigenvalue weighted by Crippen LogP contribution is 2.22. The van der Waals surface area contributed by atoms with Crippen molar-refractivity contribution in [3.63, 3.8) is 0 Å². The zero-order valence-corrected chi connectivity index (χ0v) is 11.9. The average Bonchev–Trinajstić information content (AvgIpc) is 2.42. The van der Waals surface area contributed by atoms with E-state index in [9.17, 15) is 4.39 Å². The lowest BCUT2D eigenvalue weighted by molar-refractivity contribution is 0.387. The molecular formula is C14H19FN2OS. The van der Waals surface area contributed by atoms with E-state index < -0.39 is 0 Å². The van der Waals surface area contributed by atoms with Crippen LogP contribution in [0.5, 0.6) is 5.75 Å². The molecule has 3 nitrogen and oxygen atoms in total. The van der Waals surface area contributed by atoms with Crippen molar-refractivity contribution in [1.82, 2.24) is 5.32 Å². The Morgan fingerprint density at radius 3 is 2.74 bits per heavy atom. The first-order chi connectivity index (χ1) is 9.19. The molecule has 5 heteroatoms. The van der Waals surface area contributed by atoms with Crippen molar-refractivity contribution < 1.29 is 9.13 Å². The first-order valence-corrected chi connectivity index (χ1v) is 7.01. The van der Waals surface area contributed by atoms with Crippen molar-refractivity contribution in [3.8, 4) is 5.75 Å². The van der Waals surface area contributed by atoms with Gasteiger partial charge in [-0.1, -0.05) is 19.3 Å². The number of benzene rings is 1. The van der Waals surface area contributed by atoms with Crippen LogP contribution in [0.25, 0.3) is 0 Å². The molecule has 2 N–H and O–H groups in total. The van der Waals surface area contributed by atoms with Crippen molar-refractivity contribution in [2.24, 2.45) is 0 Å². The molecule has 0 atom stereocenters. The average molecular weight is 282 g/mol. The van der Waals surface area contributed by atoms with Crippen LogP contribution >= 0.6 is 12.2 Å². The number of halogens is 1. The van der Waals surface area contributed by atoms with Gasteiger partial charge in [0.2, 0.25) is 0 Å². The topological polar surface area (TPSA) is 33.3 Å². The molecule has 0 bridgehead atoms. The molecule has 2 rings (SSSR count). The Morgan fingerprint density at radius 2 is 2.05 bits per heavy atom. The number of thiocarbonyl (C=S) groups is 1. The number of rotatable bonds is 3. The molecule has 0 spiro atoms. The molecule has 0 radical (unpaired) electrons. The van der Waals surface area contributed by atoms with E-state index in [-0.39, 0.29) is 11.6 Å². The first kappa shape index (κ1) is 14.1. The van der Waals surface area contributed by atoms with Crippen LogP contribution in [0.15, 0.2) is 18.2 Å². The zero-order valence-electron chi connectivity index (χ0n) is 11.0. The summed E-state index contributed by atoms with van der Waals surface area (Å²) in [6, 6.07) is 5.07. The third kappa shape index (κ3) is 4.06. The Hall–Kier alpha value is -1.36. The van der Waals surface area contributed by atoms with E-state index >= 15 is 0 Å². The summed E-state index contributed by atoms with van der Waals surface area (Å²) in [5.41, 5.74) is 0.728. The number of hydrogen-bond acceptors (Lipinski definition) is 2. The van der Waals surface area contributed by atoms with Crippen LogP contribution in [0.4, 0.5) is 10.1 Å². The Labute approximate surface area is 118 Å². The molecule has 104 valence electrons. The van der Waals surface area contributed by atoms with Crippen molar-refractivity contribution in [2.45, 2.75) is 38.1 Å². The SMILES string of the molecule is COc1cc(NC(=S)NC2CCCCC2)ccc1F. The van der Waals surface area contributed by atoms with Crippen LogP contribution < -0.4 is 15.4 Å². The van der Waals surface area contributed by atoms with Gasteiger partial charge in [-0.2, -0.15) is 0 Å². The van der Waals surface area contributed by atoms with Gasteiger partial charge in [-0.15, -0.1) is 0 Å². The second-order valence-electron chi connectivity index (χ2n) is 4.78. The molecule has 1 aromatic rings. The summed E-state index contributed by atoms with van der Waals surface area (Å²) in [6.07, 6.45) is 6.14. The smallest absolute Gasteiger partial charge is 0.170 e. The Morgan fingerprint density at radius 1 is 1.32 bits per heavy atom. The van der Waals surface area contributed by atoms with E-state index in [2.05, 4.69) is 10.6 Å². The molecule has 0 aromatic heterocycles. The number of hydrogen-bond donors (Lipinski definition) is 2. The van der Waals surface area contributed by atoms with Gasteiger partial charge in [-0.25, -0.2) is 4.39 Å². The summed E-state index contributed by atoms with van der Waals surface area (Å²) >= 11 is 5.27. The van der Waals surface area contributed by atoms with Crippen molar-refractivity contribution in [3.05, 3.63) is 24.0 Å². The van der Waals surface area contributed by atoms with Crippen molar-refractivity contribution >= 4 is 23.0 Å². The largest absolute Gasteiger partial charge is 0.494 e. The lowest BCUT2D eigenvalue weighted by Gasteiger charge is -2.24. The predicted molar refractivity (Wildman–Crippen MR) is 79.2 cm³/mol. The van der Waals surface area contributed by atoms with E-state index in [0.29, 0.717) is 11.2 Å². The minimum Gasteiger partial charge on any atom is -0.494 e. The monoisotopic (exact) mass is 282 g/mol. The number of nitrogens with one attached hydrogen (secondary N) is 2.